The zero-order valence-electron chi connectivity index (χ0n) is 19.1. The zero-order valence-corrected chi connectivity index (χ0v) is 19.1. The van der Waals surface area contributed by atoms with Crippen molar-refractivity contribution in [1.82, 2.24) is 0 Å². The Labute approximate surface area is 173 Å². The van der Waals surface area contributed by atoms with Gasteiger partial charge in [-0.05, 0) is 118 Å². The highest BCUT2D eigenvalue weighted by molar-refractivity contribution is 5.08. The van der Waals surface area contributed by atoms with Gasteiger partial charge >= 0.3 is 0 Å². The van der Waals surface area contributed by atoms with Crippen LogP contribution in [-0.2, 0) is 0 Å². The van der Waals surface area contributed by atoms with Crippen LogP contribution in [0.25, 0.3) is 0 Å². The van der Waals surface area contributed by atoms with Crippen LogP contribution in [0.2, 0.25) is 0 Å². The van der Waals surface area contributed by atoms with E-state index in [1.807, 2.05) is 13.8 Å². The first-order chi connectivity index (χ1) is 13.2. The molecule has 0 aromatic heterocycles. The molecule has 162 valence electrons. The molecule has 0 radical (unpaired) electrons. The molecule has 0 aromatic rings. The Kier molecular flexibility index (Phi) is 5.71. The van der Waals surface area contributed by atoms with Gasteiger partial charge in [-0.1, -0.05) is 33.1 Å². The summed E-state index contributed by atoms with van der Waals surface area (Å²) < 4.78 is 0. The van der Waals surface area contributed by atoms with Gasteiger partial charge in [0, 0.05) is 0 Å². The lowest BCUT2D eigenvalue weighted by atomic mass is 9.42. The second kappa shape index (κ2) is 7.56. The van der Waals surface area contributed by atoms with Crippen LogP contribution in [0.3, 0.4) is 0 Å². The first-order valence-corrected chi connectivity index (χ1v) is 12.6. The Morgan fingerprint density at radius 2 is 1.61 bits per heavy atom. The Hall–Kier alpha value is -0.0800. The lowest BCUT2D eigenvalue weighted by molar-refractivity contribution is -0.174. The summed E-state index contributed by atoms with van der Waals surface area (Å²) in [7, 11) is 0. The lowest BCUT2D eigenvalue weighted by Gasteiger charge is -2.63. The third kappa shape index (κ3) is 3.59. The maximum Gasteiger partial charge on any atom is 0.0624 e. The Morgan fingerprint density at radius 1 is 0.857 bits per heavy atom. The lowest BCUT2D eigenvalue weighted by Crippen LogP contribution is -2.58. The highest BCUT2D eigenvalue weighted by Gasteiger charge is 2.59. The molecule has 2 N–H and O–H groups in total. The summed E-state index contributed by atoms with van der Waals surface area (Å²) in [5, 5.41) is 21.5. The van der Waals surface area contributed by atoms with Crippen LogP contribution in [0.4, 0.5) is 0 Å². The summed E-state index contributed by atoms with van der Waals surface area (Å²) in [6, 6.07) is 0. The molecular formula is C26H46O2. The van der Waals surface area contributed by atoms with Crippen LogP contribution in [0, 0.1) is 40.4 Å². The third-order valence-electron chi connectivity index (χ3n) is 10.4. The smallest absolute Gasteiger partial charge is 0.0624 e. The van der Waals surface area contributed by atoms with Crippen molar-refractivity contribution in [3.05, 3.63) is 0 Å². The molecule has 28 heavy (non-hydrogen) atoms. The van der Waals surface area contributed by atoms with Crippen molar-refractivity contribution >= 4 is 0 Å². The Balaban J connectivity index is 1.46. The average Bonchev–Trinajstić information content (AvgIpc) is 2.62. The molecule has 8 atom stereocenters. The van der Waals surface area contributed by atoms with Crippen LogP contribution in [-0.4, -0.2) is 21.9 Å². The maximum absolute atomic E-state index is 11.5. The third-order valence-corrected chi connectivity index (χ3v) is 10.4. The van der Waals surface area contributed by atoms with Gasteiger partial charge in [-0.25, -0.2) is 0 Å². The minimum Gasteiger partial charge on any atom is -0.392 e. The van der Waals surface area contributed by atoms with Crippen molar-refractivity contribution in [2.24, 2.45) is 40.4 Å². The van der Waals surface area contributed by atoms with E-state index in [4.69, 9.17) is 0 Å². The van der Waals surface area contributed by atoms with Crippen LogP contribution < -0.4 is 0 Å². The Bertz CT molecular complexity index is 551. The summed E-state index contributed by atoms with van der Waals surface area (Å²) in [5.74, 6) is 3.96. The van der Waals surface area contributed by atoms with E-state index >= 15 is 0 Å². The van der Waals surface area contributed by atoms with Crippen LogP contribution in [0.5, 0.6) is 0 Å². The van der Waals surface area contributed by atoms with Crippen molar-refractivity contribution in [3.8, 4) is 0 Å². The zero-order chi connectivity index (χ0) is 20.2. The average molecular weight is 391 g/mol. The van der Waals surface area contributed by atoms with Gasteiger partial charge in [-0.3, -0.25) is 0 Å². The van der Waals surface area contributed by atoms with Crippen molar-refractivity contribution in [3.63, 3.8) is 0 Å². The van der Waals surface area contributed by atoms with E-state index in [1.165, 1.54) is 64.2 Å². The van der Waals surface area contributed by atoms with E-state index < -0.39 is 5.60 Å². The van der Waals surface area contributed by atoms with Crippen LogP contribution in [0.1, 0.15) is 111 Å². The number of fused-ring (bicyclic) bond motifs is 5. The second-order valence-electron chi connectivity index (χ2n) is 12.4. The summed E-state index contributed by atoms with van der Waals surface area (Å²) >= 11 is 0. The monoisotopic (exact) mass is 390 g/mol. The summed E-state index contributed by atoms with van der Waals surface area (Å²) in [5.41, 5.74) is 0.159. The van der Waals surface area contributed by atoms with E-state index in [2.05, 4.69) is 13.8 Å². The highest BCUT2D eigenvalue weighted by atomic mass is 16.3. The molecule has 4 rings (SSSR count). The fourth-order valence-corrected chi connectivity index (χ4v) is 8.74. The van der Waals surface area contributed by atoms with Gasteiger partial charge in [0.25, 0.3) is 0 Å². The van der Waals surface area contributed by atoms with Gasteiger partial charge in [-0.15, -0.1) is 0 Å². The van der Waals surface area contributed by atoms with Gasteiger partial charge in [0.05, 0.1) is 11.7 Å². The topological polar surface area (TPSA) is 40.5 Å². The van der Waals surface area contributed by atoms with Crippen molar-refractivity contribution in [2.45, 2.75) is 123 Å². The van der Waals surface area contributed by atoms with Crippen molar-refractivity contribution < 1.29 is 10.2 Å². The van der Waals surface area contributed by atoms with Crippen molar-refractivity contribution in [2.75, 3.05) is 0 Å². The molecule has 0 saturated heterocycles. The largest absolute Gasteiger partial charge is 0.392 e. The molecule has 0 unspecified atom stereocenters. The minimum absolute atomic E-state index is 0.133. The number of aliphatic hydroxyl groups is 2. The maximum atomic E-state index is 11.5. The molecule has 4 fully saturated rings. The molecule has 0 bridgehead atoms. The summed E-state index contributed by atoms with van der Waals surface area (Å²) in [6.07, 6.45) is 16.7. The molecular weight excluding hydrogens is 344 g/mol. The first-order valence-electron chi connectivity index (χ1n) is 12.6. The van der Waals surface area contributed by atoms with Gasteiger partial charge in [0.15, 0.2) is 0 Å². The van der Waals surface area contributed by atoms with Gasteiger partial charge in [0.2, 0.25) is 0 Å². The molecule has 0 aliphatic heterocycles. The number of hydrogen-bond acceptors (Lipinski definition) is 2. The van der Waals surface area contributed by atoms with E-state index in [0.29, 0.717) is 11.3 Å². The molecule has 4 aliphatic carbocycles. The van der Waals surface area contributed by atoms with Gasteiger partial charge in [0.1, 0.15) is 0 Å². The molecule has 0 heterocycles. The second-order valence-corrected chi connectivity index (χ2v) is 12.4. The predicted octanol–water partition coefficient (Wildman–Crippen LogP) is 6.34. The quantitative estimate of drug-likeness (QED) is 0.588. The molecule has 2 heteroatoms. The summed E-state index contributed by atoms with van der Waals surface area (Å²) in [6.45, 7) is 8.90. The standard InChI is InChI=1S/C26H46O2/c1-24(2,28)15-7-8-18-10-13-21-20-12-11-19-9-5-6-16-25(19,3)22(20)14-17-26(21,4)23(18)27/h18-23,27-28H,5-17H2,1-4H3/t18-,19+,20-,21+,22-,23-,25-,26+/m0/s1. The molecule has 4 aliphatic rings. The molecule has 0 aromatic carbocycles. The van der Waals surface area contributed by atoms with Gasteiger partial charge < -0.3 is 10.2 Å². The van der Waals surface area contributed by atoms with E-state index in [-0.39, 0.29) is 11.5 Å². The number of aliphatic hydroxyl groups excluding tert-OH is 1. The number of hydrogen-bond donors (Lipinski definition) is 2. The number of rotatable bonds is 4. The molecule has 4 saturated carbocycles. The predicted molar refractivity (Wildman–Crippen MR) is 116 cm³/mol. The van der Waals surface area contributed by atoms with Crippen molar-refractivity contribution in [1.29, 1.82) is 0 Å². The molecule has 2 nitrogen and oxygen atoms in total. The van der Waals surface area contributed by atoms with E-state index in [1.54, 1.807) is 0 Å². The fourth-order valence-electron chi connectivity index (χ4n) is 8.74. The molecule has 0 amide bonds. The SMILES string of the molecule is CC(C)(O)CCC[C@H]1CC[C@@H]2[C@@H]3CC[C@H]4CCCC[C@]4(C)[C@H]3CC[C@@]2(C)[C@H]1O. The normalized spacial score (nSPS) is 49.1. The first kappa shape index (κ1) is 21.2. The van der Waals surface area contributed by atoms with Crippen LogP contribution >= 0.6 is 0 Å². The summed E-state index contributed by atoms with van der Waals surface area (Å²) in [4.78, 5) is 0. The van der Waals surface area contributed by atoms with E-state index in [9.17, 15) is 10.2 Å². The van der Waals surface area contributed by atoms with Crippen LogP contribution in [0.15, 0.2) is 0 Å². The van der Waals surface area contributed by atoms with E-state index in [0.717, 1.165) is 42.9 Å². The Morgan fingerprint density at radius 3 is 2.36 bits per heavy atom. The van der Waals surface area contributed by atoms with Gasteiger partial charge in [-0.2, -0.15) is 0 Å². The minimum atomic E-state index is -0.571. The highest BCUT2D eigenvalue weighted by Crippen LogP contribution is 2.66. The fraction of sp³-hybridized carbons (Fsp3) is 1.00. The molecule has 0 spiro atoms.